The van der Waals surface area contributed by atoms with Gasteiger partial charge in [0.05, 0.1) is 0 Å². The molecule has 0 amide bonds. The number of nitrogens with one attached hydrogen (secondary N) is 1. The maximum atomic E-state index is 4.59. The normalized spacial score (nSPS) is 17.7. The molecule has 4 heteroatoms. The first-order valence-corrected chi connectivity index (χ1v) is 8.31. The van der Waals surface area contributed by atoms with Gasteiger partial charge in [0.25, 0.3) is 0 Å². The molecule has 1 aliphatic rings. The average Bonchev–Trinajstić information content (AvgIpc) is 2.85. The van der Waals surface area contributed by atoms with Crippen LogP contribution in [0.1, 0.15) is 45.4 Å². The van der Waals surface area contributed by atoms with Gasteiger partial charge in [-0.1, -0.05) is 27.7 Å². The van der Waals surface area contributed by atoms with Crippen LogP contribution in [0.4, 0.5) is 5.13 Å². The van der Waals surface area contributed by atoms with Gasteiger partial charge in [-0.15, -0.1) is 11.3 Å². The standard InChI is InChI=1S/C15H27N3S/c1-11(2)13-5-7-18(8-6-13)15-17-10-14(19-15)9-16-12(3)4/h10-13,16H,5-9H2,1-4H3. The van der Waals surface area contributed by atoms with Crippen molar-refractivity contribution in [1.29, 1.82) is 0 Å². The van der Waals surface area contributed by atoms with Crippen LogP contribution < -0.4 is 10.2 Å². The molecule has 1 aromatic rings. The molecule has 0 bridgehead atoms. The summed E-state index contributed by atoms with van der Waals surface area (Å²) < 4.78 is 0. The maximum Gasteiger partial charge on any atom is 0.185 e. The number of anilines is 1. The van der Waals surface area contributed by atoms with Crippen LogP contribution in [0.25, 0.3) is 0 Å². The van der Waals surface area contributed by atoms with E-state index in [1.165, 1.54) is 35.9 Å². The number of aromatic nitrogens is 1. The molecule has 0 spiro atoms. The van der Waals surface area contributed by atoms with Gasteiger partial charge >= 0.3 is 0 Å². The lowest BCUT2D eigenvalue weighted by atomic mass is 9.87. The molecule has 1 saturated heterocycles. The summed E-state index contributed by atoms with van der Waals surface area (Å²) >= 11 is 1.84. The van der Waals surface area contributed by atoms with Crippen LogP contribution in [-0.4, -0.2) is 24.1 Å². The summed E-state index contributed by atoms with van der Waals surface area (Å²) in [6, 6.07) is 0.535. The Bertz CT molecular complexity index is 378. The average molecular weight is 281 g/mol. The molecule has 1 aromatic heterocycles. The van der Waals surface area contributed by atoms with Gasteiger partial charge in [-0.25, -0.2) is 4.98 Å². The predicted octanol–water partition coefficient (Wildman–Crippen LogP) is 3.51. The summed E-state index contributed by atoms with van der Waals surface area (Å²) in [5.41, 5.74) is 0. The van der Waals surface area contributed by atoms with Crippen LogP contribution in [-0.2, 0) is 6.54 Å². The van der Waals surface area contributed by atoms with Crippen molar-refractivity contribution in [2.45, 2.75) is 53.1 Å². The van der Waals surface area contributed by atoms with Gasteiger partial charge in [0, 0.05) is 36.8 Å². The molecule has 0 aromatic carbocycles. The molecule has 1 aliphatic heterocycles. The Kier molecular flexibility index (Phi) is 5.22. The SMILES string of the molecule is CC(C)NCc1cnc(N2CCC(C(C)C)CC2)s1. The molecule has 0 saturated carbocycles. The fourth-order valence-corrected chi connectivity index (χ4v) is 3.50. The van der Waals surface area contributed by atoms with Crippen molar-refractivity contribution in [2.24, 2.45) is 11.8 Å². The summed E-state index contributed by atoms with van der Waals surface area (Å²) in [5, 5.41) is 4.66. The van der Waals surface area contributed by atoms with Gasteiger partial charge in [0.1, 0.15) is 0 Å². The number of nitrogens with zero attached hydrogens (tertiary/aromatic N) is 2. The van der Waals surface area contributed by atoms with E-state index in [-0.39, 0.29) is 0 Å². The van der Waals surface area contributed by atoms with Crippen molar-refractivity contribution in [1.82, 2.24) is 10.3 Å². The first-order valence-electron chi connectivity index (χ1n) is 7.49. The van der Waals surface area contributed by atoms with Crippen molar-refractivity contribution in [2.75, 3.05) is 18.0 Å². The molecule has 1 N–H and O–H groups in total. The van der Waals surface area contributed by atoms with E-state index in [0.717, 1.165) is 18.4 Å². The van der Waals surface area contributed by atoms with Crippen molar-refractivity contribution in [3.63, 3.8) is 0 Å². The van der Waals surface area contributed by atoms with E-state index in [4.69, 9.17) is 0 Å². The highest BCUT2D eigenvalue weighted by atomic mass is 32.1. The van der Waals surface area contributed by atoms with Crippen LogP contribution in [0.15, 0.2) is 6.20 Å². The Morgan fingerprint density at radius 2 is 2.00 bits per heavy atom. The first kappa shape index (κ1) is 14.8. The third-order valence-electron chi connectivity index (χ3n) is 3.98. The van der Waals surface area contributed by atoms with Gasteiger partial charge < -0.3 is 10.2 Å². The fourth-order valence-electron chi connectivity index (χ4n) is 2.59. The highest BCUT2D eigenvalue weighted by Gasteiger charge is 2.23. The van der Waals surface area contributed by atoms with Crippen molar-refractivity contribution in [3.05, 3.63) is 11.1 Å². The fraction of sp³-hybridized carbons (Fsp3) is 0.800. The zero-order valence-corrected chi connectivity index (χ0v) is 13.5. The van der Waals surface area contributed by atoms with E-state index in [2.05, 4.69) is 42.9 Å². The Morgan fingerprint density at radius 1 is 1.32 bits per heavy atom. The third kappa shape index (κ3) is 4.18. The minimum atomic E-state index is 0.535. The lowest BCUT2D eigenvalue weighted by Crippen LogP contribution is -2.35. The Morgan fingerprint density at radius 3 is 2.58 bits per heavy atom. The zero-order chi connectivity index (χ0) is 13.8. The molecule has 0 aliphatic carbocycles. The summed E-state index contributed by atoms with van der Waals surface area (Å²) in [6.07, 6.45) is 4.66. The van der Waals surface area contributed by atoms with E-state index in [1.807, 2.05) is 17.5 Å². The summed E-state index contributed by atoms with van der Waals surface area (Å²) in [6.45, 7) is 12.3. The highest BCUT2D eigenvalue weighted by molar-refractivity contribution is 7.15. The van der Waals surface area contributed by atoms with Crippen LogP contribution in [0, 0.1) is 11.8 Å². The largest absolute Gasteiger partial charge is 0.348 e. The van der Waals surface area contributed by atoms with Gasteiger partial charge in [-0.3, -0.25) is 0 Å². The highest BCUT2D eigenvalue weighted by Crippen LogP contribution is 2.30. The van der Waals surface area contributed by atoms with Gasteiger partial charge in [-0.2, -0.15) is 0 Å². The molecule has 0 radical (unpaired) electrons. The molecule has 2 rings (SSSR count). The van der Waals surface area contributed by atoms with E-state index in [1.54, 1.807) is 0 Å². The van der Waals surface area contributed by atoms with E-state index in [0.29, 0.717) is 6.04 Å². The maximum absolute atomic E-state index is 4.59. The van der Waals surface area contributed by atoms with E-state index in [9.17, 15) is 0 Å². The van der Waals surface area contributed by atoms with Crippen molar-refractivity contribution in [3.8, 4) is 0 Å². The number of thiazole rings is 1. The molecular weight excluding hydrogens is 254 g/mol. The molecule has 3 nitrogen and oxygen atoms in total. The molecule has 1 fully saturated rings. The lowest BCUT2D eigenvalue weighted by molar-refractivity contribution is 0.311. The van der Waals surface area contributed by atoms with E-state index < -0.39 is 0 Å². The van der Waals surface area contributed by atoms with Gasteiger partial charge in [-0.05, 0) is 24.7 Å². The molecule has 2 heterocycles. The topological polar surface area (TPSA) is 28.2 Å². The summed E-state index contributed by atoms with van der Waals surface area (Å²) in [4.78, 5) is 8.40. The van der Waals surface area contributed by atoms with Crippen molar-refractivity contribution >= 4 is 16.5 Å². The van der Waals surface area contributed by atoms with Gasteiger partial charge in [0.2, 0.25) is 0 Å². The van der Waals surface area contributed by atoms with Crippen LogP contribution in [0.2, 0.25) is 0 Å². The number of rotatable bonds is 5. The second-order valence-corrected chi connectivity index (χ2v) is 7.31. The molecule has 108 valence electrons. The summed E-state index contributed by atoms with van der Waals surface area (Å²) in [7, 11) is 0. The lowest BCUT2D eigenvalue weighted by Gasteiger charge is -2.33. The molecule has 0 atom stereocenters. The Hall–Kier alpha value is -0.610. The van der Waals surface area contributed by atoms with Gasteiger partial charge in [0.15, 0.2) is 5.13 Å². The monoisotopic (exact) mass is 281 g/mol. The third-order valence-corrected chi connectivity index (χ3v) is 5.04. The summed E-state index contributed by atoms with van der Waals surface area (Å²) in [5.74, 6) is 1.72. The quantitative estimate of drug-likeness (QED) is 0.895. The molecule has 19 heavy (non-hydrogen) atoms. The second kappa shape index (κ2) is 6.71. The van der Waals surface area contributed by atoms with Crippen LogP contribution >= 0.6 is 11.3 Å². The van der Waals surface area contributed by atoms with Crippen molar-refractivity contribution < 1.29 is 0 Å². The predicted molar refractivity (Wildman–Crippen MR) is 83.9 cm³/mol. The first-order chi connectivity index (χ1) is 9.06. The number of piperidine rings is 1. The second-order valence-electron chi connectivity index (χ2n) is 6.21. The Labute approximate surface area is 121 Å². The van der Waals surface area contributed by atoms with Crippen LogP contribution in [0.3, 0.4) is 0 Å². The Balaban J connectivity index is 1.86. The number of hydrogen-bond donors (Lipinski definition) is 1. The number of hydrogen-bond acceptors (Lipinski definition) is 4. The minimum absolute atomic E-state index is 0.535. The molecule has 0 unspecified atom stereocenters. The van der Waals surface area contributed by atoms with Crippen LogP contribution in [0.5, 0.6) is 0 Å². The minimum Gasteiger partial charge on any atom is -0.348 e. The smallest absolute Gasteiger partial charge is 0.185 e. The molecular formula is C15H27N3S. The zero-order valence-electron chi connectivity index (χ0n) is 12.6. The van der Waals surface area contributed by atoms with E-state index >= 15 is 0 Å².